The van der Waals surface area contributed by atoms with E-state index in [4.69, 9.17) is 10.5 Å². The molecule has 0 radical (unpaired) electrons. The lowest BCUT2D eigenvalue weighted by atomic mass is 10.0. The van der Waals surface area contributed by atoms with Gasteiger partial charge in [0.2, 0.25) is 0 Å². The van der Waals surface area contributed by atoms with Crippen LogP contribution >= 0.6 is 0 Å². The van der Waals surface area contributed by atoms with Crippen LogP contribution in [0.4, 0.5) is 4.79 Å². The molecule has 0 bridgehead atoms. The van der Waals surface area contributed by atoms with E-state index in [-0.39, 0.29) is 18.1 Å². The van der Waals surface area contributed by atoms with Gasteiger partial charge in [-0.15, -0.1) is 0 Å². The highest BCUT2D eigenvalue weighted by Crippen LogP contribution is 2.26. The third kappa shape index (κ3) is 2.69. The van der Waals surface area contributed by atoms with E-state index in [0.717, 1.165) is 31.9 Å². The first-order valence-electron chi connectivity index (χ1n) is 7.35. The molecule has 114 valence electrons. The van der Waals surface area contributed by atoms with E-state index >= 15 is 0 Å². The molecule has 2 amide bonds. The van der Waals surface area contributed by atoms with Crippen LogP contribution in [0.3, 0.4) is 0 Å². The molecule has 2 atom stereocenters. The molecule has 6 nitrogen and oxygen atoms in total. The maximum absolute atomic E-state index is 11.7. The summed E-state index contributed by atoms with van der Waals surface area (Å²) in [5.74, 6) is 0.852. The summed E-state index contributed by atoms with van der Waals surface area (Å²) in [6, 6.07) is 8.59. The lowest BCUT2D eigenvalue weighted by Gasteiger charge is -2.40. The maximum Gasteiger partial charge on any atom is 0.317 e. The van der Waals surface area contributed by atoms with Crippen LogP contribution in [0, 0.1) is 0 Å². The number of nitrogens with one attached hydrogen (secondary N) is 1. The van der Waals surface area contributed by atoms with Gasteiger partial charge in [0.1, 0.15) is 5.75 Å². The van der Waals surface area contributed by atoms with Gasteiger partial charge in [0.15, 0.2) is 0 Å². The highest BCUT2D eigenvalue weighted by molar-refractivity contribution is 5.77. The first-order valence-corrected chi connectivity index (χ1v) is 7.35. The Morgan fingerprint density at radius 3 is 2.81 bits per heavy atom. The number of hydrogen-bond acceptors (Lipinski definition) is 4. The van der Waals surface area contributed by atoms with Crippen LogP contribution in [-0.2, 0) is 0 Å². The van der Waals surface area contributed by atoms with E-state index in [9.17, 15) is 4.79 Å². The molecule has 3 N–H and O–H groups in total. The van der Waals surface area contributed by atoms with Gasteiger partial charge in [0, 0.05) is 38.8 Å². The molecule has 2 fully saturated rings. The van der Waals surface area contributed by atoms with E-state index in [0.29, 0.717) is 6.54 Å². The van der Waals surface area contributed by atoms with Crippen LogP contribution < -0.4 is 15.8 Å². The average Bonchev–Trinajstić information content (AvgIpc) is 2.90. The summed E-state index contributed by atoms with van der Waals surface area (Å²) in [5.41, 5.74) is 7.20. The zero-order valence-electron chi connectivity index (χ0n) is 12.3. The Kier molecular flexibility index (Phi) is 3.98. The summed E-state index contributed by atoms with van der Waals surface area (Å²) in [4.78, 5) is 16.0. The van der Waals surface area contributed by atoms with Gasteiger partial charge in [-0.3, -0.25) is 4.90 Å². The van der Waals surface area contributed by atoms with Gasteiger partial charge in [-0.2, -0.15) is 0 Å². The number of amides is 2. The zero-order valence-corrected chi connectivity index (χ0v) is 12.3. The molecule has 21 heavy (non-hydrogen) atoms. The molecule has 2 unspecified atom stereocenters. The summed E-state index contributed by atoms with van der Waals surface area (Å²) in [6.07, 6.45) is 0. The van der Waals surface area contributed by atoms with Gasteiger partial charge in [0.25, 0.3) is 0 Å². The smallest absolute Gasteiger partial charge is 0.317 e. The van der Waals surface area contributed by atoms with Crippen LogP contribution in [0.2, 0.25) is 0 Å². The van der Waals surface area contributed by atoms with Crippen molar-refractivity contribution >= 4 is 6.03 Å². The normalized spacial score (nSPS) is 23.6. The van der Waals surface area contributed by atoms with Crippen molar-refractivity contribution in [2.24, 2.45) is 5.73 Å². The predicted octanol–water partition coefficient (Wildman–Crippen LogP) is 0.404. The SMILES string of the molecule is COc1ccc(C(CN)N2CCN3C(=O)NCC3C2)cc1. The number of nitrogens with zero attached hydrogens (tertiary/aromatic N) is 2. The second kappa shape index (κ2) is 5.91. The Bertz CT molecular complexity index is 505. The van der Waals surface area contributed by atoms with E-state index in [1.807, 2.05) is 17.0 Å². The number of carbonyl (C=O) groups is 1. The van der Waals surface area contributed by atoms with Gasteiger partial charge in [-0.25, -0.2) is 4.79 Å². The van der Waals surface area contributed by atoms with Gasteiger partial charge in [-0.05, 0) is 17.7 Å². The minimum atomic E-state index is 0.0633. The van der Waals surface area contributed by atoms with Gasteiger partial charge in [-0.1, -0.05) is 12.1 Å². The Morgan fingerprint density at radius 2 is 2.14 bits per heavy atom. The second-order valence-corrected chi connectivity index (χ2v) is 5.55. The zero-order chi connectivity index (χ0) is 14.8. The number of methoxy groups -OCH3 is 1. The Hall–Kier alpha value is -1.79. The highest BCUT2D eigenvalue weighted by atomic mass is 16.5. The van der Waals surface area contributed by atoms with Crippen LogP contribution in [0.5, 0.6) is 5.75 Å². The Balaban J connectivity index is 1.72. The molecule has 0 saturated carbocycles. The fourth-order valence-electron chi connectivity index (χ4n) is 3.23. The molecule has 1 aromatic rings. The standard InChI is InChI=1S/C15H22N4O2/c1-21-13-4-2-11(3-5-13)14(8-16)18-6-7-19-12(10-18)9-17-15(19)20/h2-5,12,14H,6-10,16H2,1H3,(H,17,20). The molecular weight excluding hydrogens is 268 g/mol. The van der Waals surface area contributed by atoms with Gasteiger partial charge < -0.3 is 20.7 Å². The van der Waals surface area contributed by atoms with Crippen LogP contribution in [0.15, 0.2) is 24.3 Å². The molecule has 0 aromatic heterocycles. The van der Waals surface area contributed by atoms with Crippen molar-refractivity contribution in [3.8, 4) is 5.75 Å². The monoisotopic (exact) mass is 290 g/mol. The van der Waals surface area contributed by atoms with E-state index < -0.39 is 0 Å². The Labute approximate surface area is 124 Å². The van der Waals surface area contributed by atoms with Gasteiger partial charge >= 0.3 is 6.03 Å². The van der Waals surface area contributed by atoms with Crippen molar-refractivity contribution in [2.75, 3.05) is 39.8 Å². The van der Waals surface area contributed by atoms with Crippen LogP contribution in [0.1, 0.15) is 11.6 Å². The van der Waals surface area contributed by atoms with Crippen molar-refractivity contribution in [3.63, 3.8) is 0 Å². The summed E-state index contributed by atoms with van der Waals surface area (Å²) in [7, 11) is 1.67. The number of ether oxygens (including phenoxy) is 1. The number of rotatable bonds is 4. The molecule has 6 heteroatoms. The molecule has 0 aliphatic carbocycles. The number of nitrogens with two attached hydrogens (primary N) is 1. The minimum Gasteiger partial charge on any atom is -0.497 e. The second-order valence-electron chi connectivity index (χ2n) is 5.55. The van der Waals surface area contributed by atoms with Crippen molar-refractivity contribution in [1.82, 2.24) is 15.1 Å². The fourth-order valence-corrected chi connectivity index (χ4v) is 3.23. The topological polar surface area (TPSA) is 70.8 Å². The van der Waals surface area contributed by atoms with E-state index in [1.54, 1.807) is 7.11 Å². The third-order valence-corrected chi connectivity index (χ3v) is 4.43. The molecular formula is C15H22N4O2. The van der Waals surface area contributed by atoms with E-state index in [1.165, 1.54) is 5.56 Å². The quantitative estimate of drug-likeness (QED) is 0.842. The summed E-state index contributed by atoms with van der Waals surface area (Å²) >= 11 is 0. The Morgan fingerprint density at radius 1 is 1.38 bits per heavy atom. The average molecular weight is 290 g/mol. The van der Waals surface area contributed by atoms with Crippen molar-refractivity contribution in [1.29, 1.82) is 0 Å². The first kappa shape index (κ1) is 14.2. The van der Waals surface area contributed by atoms with Gasteiger partial charge in [0.05, 0.1) is 13.2 Å². The lowest BCUT2D eigenvalue weighted by Crippen LogP contribution is -2.53. The molecule has 2 heterocycles. The predicted molar refractivity (Wildman–Crippen MR) is 80.3 cm³/mol. The molecule has 0 spiro atoms. The maximum atomic E-state index is 11.7. The molecule has 2 aliphatic rings. The first-order chi connectivity index (χ1) is 10.2. The van der Waals surface area contributed by atoms with Crippen molar-refractivity contribution in [3.05, 3.63) is 29.8 Å². The number of benzene rings is 1. The van der Waals surface area contributed by atoms with Crippen molar-refractivity contribution < 1.29 is 9.53 Å². The third-order valence-electron chi connectivity index (χ3n) is 4.43. The van der Waals surface area contributed by atoms with Crippen LogP contribution in [-0.4, -0.2) is 61.7 Å². The number of urea groups is 1. The summed E-state index contributed by atoms with van der Waals surface area (Å²) < 4.78 is 5.20. The largest absolute Gasteiger partial charge is 0.497 e. The molecule has 1 aromatic carbocycles. The number of piperazine rings is 1. The molecule has 3 rings (SSSR count). The lowest BCUT2D eigenvalue weighted by molar-refractivity contribution is 0.0904. The summed E-state index contributed by atoms with van der Waals surface area (Å²) in [5, 5.41) is 2.91. The van der Waals surface area contributed by atoms with E-state index in [2.05, 4.69) is 22.3 Å². The minimum absolute atomic E-state index is 0.0633. The number of hydrogen-bond donors (Lipinski definition) is 2. The number of fused-ring (bicyclic) bond motifs is 1. The number of carbonyl (C=O) groups excluding carboxylic acids is 1. The van der Waals surface area contributed by atoms with Crippen molar-refractivity contribution in [2.45, 2.75) is 12.1 Å². The highest BCUT2D eigenvalue weighted by Gasteiger charge is 2.37. The molecule has 2 saturated heterocycles. The summed E-state index contributed by atoms with van der Waals surface area (Å²) in [6.45, 7) is 3.79. The fraction of sp³-hybridized carbons (Fsp3) is 0.533. The molecule has 2 aliphatic heterocycles. The van der Waals surface area contributed by atoms with Crippen LogP contribution in [0.25, 0.3) is 0 Å².